The SMILES string of the molecule is N#CC1(CC#Cc2ccccc2)CC2CCC1O2. The van der Waals surface area contributed by atoms with Crippen LogP contribution in [0, 0.1) is 28.6 Å². The summed E-state index contributed by atoms with van der Waals surface area (Å²) in [7, 11) is 0. The summed E-state index contributed by atoms with van der Waals surface area (Å²) in [5.41, 5.74) is 0.652. The van der Waals surface area contributed by atoms with Gasteiger partial charge in [0, 0.05) is 12.0 Å². The van der Waals surface area contributed by atoms with Gasteiger partial charge >= 0.3 is 0 Å². The van der Waals surface area contributed by atoms with Gasteiger partial charge in [0.25, 0.3) is 0 Å². The van der Waals surface area contributed by atoms with Crippen molar-refractivity contribution >= 4 is 0 Å². The van der Waals surface area contributed by atoms with Gasteiger partial charge in [-0.3, -0.25) is 0 Å². The molecular weight excluding hydrogens is 222 g/mol. The van der Waals surface area contributed by atoms with Crippen molar-refractivity contribution in [3.63, 3.8) is 0 Å². The number of fused-ring (bicyclic) bond motifs is 2. The van der Waals surface area contributed by atoms with Crippen molar-refractivity contribution in [1.82, 2.24) is 0 Å². The maximum atomic E-state index is 9.44. The highest BCUT2D eigenvalue weighted by molar-refractivity contribution is 5.34. The summed E-state index contributed by atoms with van der Waals surface area (Å²) in [5, 5.41) is 9.44. The zero-order chi connectivity index (χ0) is 12.4. The second-order valence-corrected chi connectivity index (χ2v) is 5.14. The molecule has 0 amide bonds. The quantitative estimate of drug-likeness (QED) is 0.704. The Balaban J connectivity index is 1.73. The fourth-order valence-electron chi connectivity index (χ4n) is 2.97. The van der Waals surface area contributed by atoms with Crippen molar-refractivity contribution in [2.75, 3.05) is 0 Å². The molecule has 2 fully saturated rings. The Bertz CT molecular complexity index is 534. The van der Waals surface area contributed by atoms with Crippen molar-refractivity contribution in [3.05, 3.63) is 35.9 Å². The zero-order valence-corrected chi connectivity index (χ0v) is 10.2. The third-order valence-electron chi connectivity index (χ3n) is 3.95. The molecular formula is C16H15NO. The van der Waals surface area contributed by atoms with E-state index in [1.807, 2.05) is 30.3 Å². The molecule has 2 aliphatic heterocycles. The molecule has 2 nitrogen and oxygen atoms in total. The molecule has 1 aromatic rings. The molecule has 0 saturated carbocycles. The number of benzene rings is 1. The Hall–Kier alpha value is -1.77. The standard InChI is InChI=1S/C16H15NO/c17-12-16(11-14-8-9-15(16)18-14)10-4-7-13-5-2-1-3-6-13/h1-3,5-6,14-15H,8-11H2. The molecule has 2 saturated heterocycles. The summed E-state index contributed by atoms with van der Waals surface area (Å²) in [6.45, 7) is 0. The summed E-state index contributed by atoms with van der Waals surface area (Å²) < 4.78 is 5.79. The summed E-state index contributed by atoms with van der Waals surface area (Å²) in [6, 6.07) is 12.4. The minimum Gasteiger partial charge on any atom is -0.373 e. The molecule has 3 rings (SSSR count). The van der Waals surface area contributed by atoms with Gasteiger partial charge in [-0.05, 0) is 31.4 Å². The van der Waals surface area contributed by atoms with E-state index in [1.54, 1.807) is 0 Å². The van der Waals surface area contributed by atoms with Crippen LogP contribution in [0.4, 0.5) is 0 Å². The molecule has 0 spiro atoms. The van der Waals surface area contributed by atoms with E-state index in [4.69, 9.17) is 4.74 Å². The Morgan fingerprint density at radius 1 is 1.28 bits per heavy atom. The highest BCUT2D eigenvalue weighted by Crippen LogP contribution is 2.49. The summed E-state index contributed by atoms with van der Waals surface area (Å²) in [5.74, 6) is 6.30. The Labute approximate surface area is 108 Å². The van der Waals surface area contributed by atoms with E-state index in [0.717, 1.165) is 24.8 Å². The lowest BCUT2D eigenvalue weighted by molar-refractivity contribution is 0.0800. The minimum absolute atomic E-state index is 0.109. The highest BCUT2D eigenvalue weighted by Gasteiger charge is 2.52. The smallest absolute Gasteiger partial charge is 0.0968 e. The van der Waals surface area contributed by atoms with Gasteiger partial charge in [0.2, 0.25) is 0 Å². The molecule has 3 unspecified atom stereocenters. The third kappa shape index (κ3) is 1.90. The normalized spacial score (nSPS) is 32.6. The lowest BCUT2D eigenvalue weighted by Gasteiger charge is -2.25. The number of rotatable bonds is 1. The average Bonchev–Trinajstić information content (AvgIpc) is 3.01. The van der Waals surface area contributed by atoms with Gasteiger partial charge in [0.05, 0.1) is 23.7 Å². The van der Waals surface area contributed by atoms with Crippen LogP contribution in [-0.4, -0.2) is 12.2 Å². The second-order valence-electron chi connectivity index (χ2n) is 5.14. The molecule has 0 N–H and O–H groups in total. The van der Waals surface area contributed by atoms with Crippen LogP contribution in [0.2, 0.25) is 0 Å². The average molecular weight is 237 g/mol. The van der Waals surface area contributed by atoms with Gasteiger partial charge in [-0.1, -0.05) is 30.0 Å². The van der Waals surface area contributed by atoms with E-state index >= 15 is 0 Å². The predicted octanol–water partition coefficient (Wildman–Crippen LogP) is 2.89. The molecule has 0 aliphatic carbocycles. The number of nitrogens with zero attached hydrogens (tertiary/aromatic N) is 1. The zero-order valence-electron chi connectivity index (χ0n) is 10.2. The fraction of sp³-hybridized carbons (Fsp3) is 0.438. The molecule has 2 aliphatic rings. The van der Waals surface area contributed by atoms with Gasteiger partial charge < -0.3 is 4.74 Å². The lowest BCUT2D eigenvalue weighted by atomic mass is 9.73. The molecule has 18 heavy (non-hydrogen) atoms. The largest absolute Gasteiger partial charge is 0.373 e. The highest BCUT2D eigenvalue weighted by atomic mass is 16.5. The number of hydrogen-bond donors (Lipinski definition) is 0. The first-order chi connectivity index (χ1) is 8.82. The van der Waals surface area contributed by atoms with Crippen molar-refractivity contribution in [2.45, 2.75) is 37.9 Å². The maximum Gasteiger partial charge on any atom is 0.0968 e. The molecule has 2 heteroatoms. The number of hydrogen-bond acceptors (Lipinski definition) is 2. The predicted molar refractivity (Wildman–Crippen MR) is 68.5 cm³/mol. The van der Waals surface area contributed by atoms with Crippen LogP contribution in [0.5, 0.6) is 0 Å². The molecule has 0 radical (unpaired) electrons. The van der Waals surface area contributed by atoms with Crippen molar-refractivity contribution in [3.8, 4) is 17.9 Å². The maximum absolute atomic E-state index is 9.44. The van der Waals surface area contributed by atoms with Crippen molar-refractivity contribution in [1.29, 1.82) is 5.26 Å². The minimum atomic E-state index is -0.356. The first-order valence-corrected chi connectivity index (χ1v) is 6.43. The fourth-order valence-corrected chi connectivity index (χ4v) is 2.97. The molecule has 2 heterocycles. The molecule has 0 aromatic heterocycles. The van der Waals surface area contributed by atoms with Gasteiger partial charge in [-0.2, -0.15) is 5.26 Å². The van der Waals surface area contributed by atoms with Crippen LogP contribution in [0.1, 0.15) is 31.2 Å². The van der Waals surface area contributed by atoms with Crippen molar-refractivity contribution in [2.24, 2.45) is 5.41 Å². The van der Waals surface area contributed by atoms with Crippen LogP contribution < -0.4 is 0 Å². The van der Waals surface area contributed by atoms with Gasteiger partial charge in [0.1, 0.15) is 0 Å². The number of nitriles is 1. The van der Waals surface area contributed by atoms with E-state index in [-0.39, 0.29) is 11.5 Å². The first kappa shape index (κ1) is 11.3. The molecule has 90 valence electrons. The Morgan fingerprint density at radius 3 is 2.72 bits per heavy atom. The van der Waals surface area contributed by atoms with E-state index in [9.17, 15) is 5.26 Å². The molecule has 2 bridgehead atoms. The van der Waals surface area contributed by atoms with Crippen LogP contribution in [0.15, 0.2) is 30.3 Å². The molecule has 1 aromatic carbocycles. The lowest BCUT2D eigenvalue weighted by Crippen LogP contribution is -2.30. The van der Waals surface area contributed by atoms with Crippen LogP contribution in [0.3, 0.4) is 0 Å². The third-order valence-corrected chi connectivity index (χ3v) is 3.95. The topological polar surface area (TPSA) is 33.0 Å². The molecule has 3 atom stereocenters. The van der Waals surface area contributed by atoms with E-state index in [2.05, 4.69) is 17.9 Å². The Kier molecular flexibility index (Phi) is 2.82. The first-order valence-electron chi connectivity index (χ1n) is 6.43. The Morgan fingerprint density at radius 2 is 2.11 bits per heavy atom. The van der Waals surface area contributed by atoms with Crippen LogP contribution >= 0.6 is 0 Å². The van der Waals surface area contributed by atoms with Crippen LogP contribution in [0.25, 0.3) is 0 Å². The van der Waals surface area contributed by atoms with Gasteiger partial charge in [-0.25, -0.2) is 0 Å². The summed E-state index contributed by atoms with van der Waals surface area (Å²) in [6.07, 6.45) is 4.02. The van der Waals surface area contributed by atoms with Gasteiger partial charge in [-0.15, -0.1) is 0 Å². The van der Waals surface area contributed by atoms with E-state index in [0.29, 0.717) is 12.5 Å². The summed E-state index contributed by atoms with van der Waals surface area (Å²) in [4.78, 5) is 0. The van der Waals surface area contributed by atoms with Crippen LogP contribution in [-0.2, 0) is 4.74 Å². The van der Waals surface area contributed by atoms with E-state index in [1.165, 1.54) is 0 Å². The monoisotopic (exact) mass is 237 g/mol. The summed E-state index contributed by atoms with van der Waals surface area (Å²) >= 11 is 0. The van der Waals surface area contributed by atoms with Crippen molar-refractivity contribution < 1.29 is 4.74 Å². The number of ether oxygens (including phenoxy) is 1. The van der Waals surface area contributed by atoms with Gasteiger partial charge in [0.15, 0.2) is 0 Å². The second kappa shape index (κ2) is 4.48. The van der Waals surface area contributed by atoms with E-state index < -0.39 is 0 Å².